The van der Waals surface area contributed by atoms with E-state index in [0.717, 1.165) is 18.5 Å². The van der Waals surface area contributed by atoms with Gasteiger partial charge in [-0.2, -0.15) is 5.10 Å². The third kappa shape index (κ3) is 2.31. The van der Waals surface area contributed by atoms with Crippen molar-refractivity contribution >= 4 is 5.78 Å². The first-order chi connectivity index (χ1) is 9.67. The number of ether oxygens (including phenoxy) is 1. The van der Waals surface area contributed by atoms with Gasteiger partial charge in [0.2, 0.25) is 0 Å². The Labute approximate surface area is 116 Å². The lowest BCUT2D eigenvalue weighted by molar-refractivity contribution is 0.0849. The van der Waals surface area contributed by atoms with Gasteiger partial charge in [-0.25, -0.2) is 4.39 Å². The molecule has 5 heteroatoms. The van der Waals surface area contributed by atoms with Gasteiger partial charge in [0, 0.05) is 24.4 Å². The summed E-state index contributed by atoms with van der Waals surface area (Å²) in [6.07, 6.45) is 4.45. The van der Waals surface area contributed by atoms with Gasteiger partial charge in [0.05, 0.1) is 18.2 Å². The van der Waals surface area contributed by atoms with Crippen LogP contribution in [-0.4, -0.2) is 15.6 Å². The maximum atomic E-state index is 13.2. The second-order valence-corrected chi connectivity index (χ2v) is 4.91. The van der Waals surface area contributed by atoms with Gasteiger partial charge in [-0.1, -0.05) is 6.92 Å². The summed E-state index contributed by atoms with van der Waals surface area (Å²) in [5.41, 5.74) is 1.30. The van der Waals surface area contributed by atoms with Gasteiger partial charge >= 0.3 is 0 Å². The molecule has 2 heterocycles. The fraction of sp³-hybridized carbons (Fsp3) is 0.333. The highest BCUT2D eigenvalue weighted by Gasteiger charge is 2.28. The predicted molar refractivity (Wildman–Crippen MR) is 71.2 cm³/mol. The zero-order chi connectivity index (χ0) is 14.1. The predicted octanol–water partition coefficient (Wildman–Crippen LogP) is 3.14. The molecule has 1 aromatic carbocycles. The fourth-order valence-corrected chi connectivity index (χ4v) is 2.38. The molecule has 104 valence electrons. The summed E-state index contributed by atoms with van der Waals surface area (Å²) < 4.78 is 20.8. The van der Waals surface area contributed by atoms with Crippen LogP contribution in [0.15, 0.2) is 30.6 Å². The Bertz CT molecular complexity index is 651. The topological polar surface area (TPSA) is 44.1 Å². The number of halogens is 1. The van der Waals surface area contributed by atoms with Crippen molar-refractivity contribution in [2.45, 2.75) is 32.4 Å². The largest absolute Gasteiger partial charge is 0.484 e. The molecule has 0 amide bonds. The van der Waals surface area contributed by atoms with Crippen LogP contribution in [0.5, 0.6) is 5.75 Å². The summed E-state index contributed by atoms with van der Waals surface area (Å²) >= 11 is 0. The fourth-order valence-electron chi connectivity index (χ4n) is 2.38. The number of fused-ring (bicyclic) bond motifs is 1. The van der Waals surface area contributed by atoms with Crippen LogP contribution in [0.2, 0.25) is 0 Å². The molecule has 1 aliphatic rings. The van der Waals surface area contributed by atoms with E-state index in [1.54, 1.807) is 6.20 Å². The number of hydrogen-bond donors (Lipinski definition) is 0. The van der Waals surface area contributed by atoms with Gasteiger partial charge in [0.1, 0.15) is 17.7 Å². The molecule has 0 radical (unpaired) electrons. The Morgan fingerprint density at radius 3 is 3.15 bits per heavy atom. The van der Waals surface area contributed by atoms with Crippen LogP contribution >= 0.6 is 0 Å². The van der Waals surface area contributed by atoms with E-state index < -0.39 is 5.82 Å². The minimum Gasteiger partial charge on any atom is -0.484 e. The third-order valence-corrected chi connectivity index (χ3v) is 3.36. The molecule has 0 saturated carbocycles. The number of rotatable bonds is 3. The van der Waals surface area contributed by atoms with Gasteiger partial charge in [0.15, 0.2) is 5.78 Å². The molecule has 1 aromatic heterocycles. The van der Waals surface area contributed by atoms with E-state index >= 15 is 0 Å². The smallest absolute Gasteiger partial charge is 0.170 e. The highest BCUT2D eigenvalue weighted by molar-refractivity contribution is 5.99. The molecule has 2 aromatic rings. The lowest BCUT2D eigenvalue weighted by atomic mass is 9.98. The number of aromatic nitrogens is 2. The molecule has 0 aliphatic carbocycles. The maximum absolute atomic E-state index is 13.2. The van der Waals surface area contributed by atoms with Crippen molar-refractivity contribution in [3.8, 4) is 5.75 Å². The SMILES string of the molecule is CCCn1cc(C2CC(=O)c3ccc(F)cc3O2)cn1. The summed E-state index contributed by atoms with van der Waals surface area (Å²) in [6.45, 7) is 2.90. The van der Waals surface area contributed by atoms with Crippen molar-refractivity contribution in [2.24, 2.45) is 0 Å². The standard InChI is InChI=1S/C15H15FN2O2/c1-2-5-18-9-10(8-17-18)14-7-13(19)12-4-3-11(16)6-15(12)20-14/h3-4,6,8-9,14H,2,5,7H2,1H3. The first-order valence-electron chi connectivity index (χ1n) is 6.69. The van der Waals surface area contributed by atoms with Crippen LogP contribution in [0.25, 0.3) is 0 Å². The van der Waals surface area contributed by atoms with Crippen molar-refractivity contribution in [1.29, 1.82) is 0 Å². The van der Waals surface area contributed by atoms with E-state index in [-0.39, 0.29) is 18.3 Å². The molecule has 1 unspecified atom stereocenters. The molecule has 1 aliphatic heterocycles. The van der Waals surface area contributed by atoms with Gasteiger partial charge in [-0.05, 0) is 18.6 Å². The van der Waals surface area contributed by atoms with Crippen LogP contribution in [0.4, 0.5) is 4.39 Å². The van der Waals surface area contributed by atoms with Crippen molar-refractivity contribution in [1.82, 2.24) is 9.78 Å². The second kappa shape index (κ2) is 5.07. The lowest BCUT2D eigenvalue weighted by Gasteiger charge is -2.24. The van der Waals surface area contributed by atoms with Crippen LogP contribution in [0.1, 0.15) is 41.8 Å². The summed E-state index contributed by atoms with van der Waals surface area (Å²) in [4.78, 5) is 12.1. The molecule has 0 bridgehead atoms. The van der Waals surface area contributed by atoms with Gasteiger partial charge in [0.25, 0.3) is 0 Å². The third-order valence-electron chi connectivity index (χ3n) is 3.36. The normalized spacial score (nSPS) is 17.7. The monoisotopic (exact) mass is 274 g/mol. The minimum absolute atomic E-state index is 0.0282. The Balaban J connectivity index is 1.88. The van der Waals surface area contributed by atoms with Crippen LogP contribution < -0.4 is 4.74 Å². The van der Waals surface area contributed by atoms with E-state index in [2.05, 4.69) is 12.0 Å². The van der Waals surface area contributed by atoms with Crippen LogP contribution in [0.3, 0.4) is 0 Å². The summed E-state index contributed by atoms with van der Waals surface area (Å²) in [5.74, 6) is -0.118. The molecule has 0 spiro atoms. The number of Topliss-reactive ketones (excluding diaryl/α,β-unsaturated/α-hetero) is 1. The zero-order valence-corrected chi connectivity index (χ0v) is 11.2. The van der Waals surface area contributed by atoms with Crippen molar-refractivity contribution in [3.63, 3.8) is 0 Å². The highest BCUT2D eigenvalue weighted by atomic mass is 19.1. The molecule has 3 rings (SSSR count). The number of nitrogens with zero attached hydrogens (tertiary/aromatic N) is 2. The number of ketones is 1. The number of carbonyl (C=O) groups excluding carboxylic acids is 1. The Hall–Kier alpha value is -2.17. The van der Waals surface area contributed by atoms with E-state index in [4.69, 9.17) is 4.74 Å². The van der Waals surface area contributed by atoms with E-state index in [9.17, 15) is 9.18 Å². The molecule has 0 fully saturated rings. The average molecular weight is 274 g/mol. The molecular formula is C15H15FN2O2. The zero-order valence-electron chi connectivity index (χ0n) is 11.2. The highest BCUT2D eigenvalue weighted by Crippen LogP contribution is 2.35. The van der Waals surface area contributed by atoms with Gasteiger partial charge < -0.3 is 4.74 Å². The Morgan fingerprint density at radius 1 is 1.50 bits per heavy atom. The summed E-state index contributed by atoms with van der Waals surface area (Å²) in [6, 6.07) is 4.01. The first-order valence-corrected chi connectivity index (χ1v) is 6.69. The van der Waals surface area contributed by atoms with Gasteiger partial charge in [-0.3, -0.25) is 9.48 Å². The Morgan fingerprint density at radius 2 is 2.35 bits per heavy atom. The molecule has 0 saturated heterocycles. The molecule has 0 N–H and O–H groups in total. The molecule has 20 heavy (non-hydrogen) atoms. The van der Waals surface area contributed by atoms with Crippen LogP contribution in [-0.2, 0) is 6.54 Å². The maximum Gasteiger partial charge on any atom is 0.170 e. The second-order valence-electron chi connectivity index (χ2n) is 4.91. The first kappa shape index (κ1) is 12.8. The lowest BCUT2D eigenvalue weighted by Crippen LogP contribution is -2.20. The molecule has 1 atom stereocenters. The van der Waals surface area contributed by atoms with Crippen molar-refractivity contribution < 1.29 is 13.9 Å². The number of benzene rings is 1. The summed E-state index contributed by atoms with van der Waals surface area (Å²) in [7, 11) is 0. The molecular weight excluding hydrogens is 259 g/mol. The number of hydrogen-bond acceptors (Lipinski definition) is 3. The van der Waals surface area contributed by atoms with Crippen molar-refractivity contribution in [3.05, 3.63) is 47.5 Å². The van der Waals surface area contributed by atoms with E-state index in [0.29, 0.717) is 11.3 Å². The van der Waals surface area contributed by atoms with Gasteiger partial charge in [-0.15, -0.1) is 0 Å². The average Bonchev–Trinajstić information content (AvgIpc) is 2.87. The van der Waals surface area contributed by atoms with Crippen LogP contribution in [0, 0.1) is 5.82 Å². The summed E-state index contributed by atoms with van der Waals surface area (Å²) in [5, 5.41) is 4.23. The Kier molecular flexibility index (Phi) is 3.26. The quantitative estimate of drug-likeness (QED) is 0.863. The van der Waals surface area contributed by atoms with Crippen molar-refractivity contribution in [2.75, 3.05) is 0 Å². The number of carbonyl (C=O) groups is 1. The minimum atomic E-state index is -0.404. The van der Waals surface area contributed by atoms with E-state index in [1.165, 1.54) is 18.2 Å². The molecule has 4 nitrogen and oxygen atoms in total. The number of aryl methyl sites for hydroxylation is 1. The van der Waals surface area contributed by atoms with E-state index in [1.807, 2.05) is 10.9 Å².